The number of hydrogen-bond acceptors (Lipinski definition) is 12. The van der Waals surface area contributed by atoms with Gasteiger partial charge in [0, 0.05) is 87.1 Å². The van der Waals surface area contributed by atoms with Gasteiger partial charge < -0.3 is 33.6 Å². The van der Waals surface area contributed by atoms with Crippen molar-refractivity contribution in [2.24, 2.45) is 11.3 Å². The molecule has 4 aromatic rings. The zero-order valence-corrected chi connectivity index (χ0v) is 43.8. The second-order valence-corrected chi connectivity index (χ2v) is 20.6. The van der Waals surface area contributed by atoms with Crippen LogP contribution in [0.25, 0.3) is 33.5 Å². The third-order valence-corrected chi connectivity index (χ3v) is 13.8. The Morgan fingerprint density at radius 1 is 1.06 bits per heavy atom. The van der Waals surface area contributed by atoms with Crippen molar-refractivity contribution < 1.29 is 42.3 Å². The van der Waals surface area contributed by atoms with Gasteiger partial charge in [-0.15, -0.1) is 0 Å². The van der Waals surface area contributed by atoms with Crippen LogP contribution in [0.5, 0.6) is 0 Å². The van der Waals surface area contributed by atoms with Crippen molar-refractivity contribution in [3.63, 3.8) is 0 Å². The second-order valence-electron chi connectivity index (χ2n) is 20.6. The Hall–Kier alpha value is -6.16. The van der Waals surface area contributed by atoms with Crippen LogP contribution in [0.3, 0.4) is 0 Å². The first kappa shape index (κ1) is 55.2. The lowest BCUT2D eigenvalue weighted by Crippen LogP contribution is -2.59. The van der Waals surface area contributed by atoms with Gasteiger partial charge >= 0.3 is 0 Å². The van der Waals surface area contributed by atoms with Crippen LogP contribution in [0.15, 0.2) is 47.1 Å². The van der Waals surface area contributed by atoms with Gasteiger partial charge in [-0.25, -0.2) is 14.8 Å². The van der Waals surface area contributed by atoms with Crippen LogP contribution in [0.1, 0.15) is 104 Å². The lowest BCUT2D eigenvalue weighted by Gasteiger charge is -2.41. The summed E-state index contributed by atoms with van der Waals surface area (Å²) in [6.07, 6.45) is 6.92. The van der Waals surface area contributed by atoms with Gasteiger partial charge in [0.2, 0.25) is 12.3 Å². The standard InChI is InChI=1S/C41H55N7O7.C13H19FN2O/c1-9-47-33-15-14-28(19-30(33)31(21-41(5,6)23-54-25-50)38(47)29-13-12-16-42-36(29)27(4)53-8)34-22-43-35(55-34)20-32(40(52)48-18-11-10-17-44-48)45-39(51)37(26(2)3)46(7)24-49;1-13(2,16-7-3-8-16)6-4-12(17)15-9-5-11(14)10-15/h12-16,19,22,24-27,32,37,44H,9-11,17-18,20-21,23H2,1-8H3,(H,45,51);11H,3,5,7-10H2,1-2H3. The summed E-state index contributed by atoms with van der Waals surface area (Å²) in [6, 6.07) is 8.38. The number of nitrogens with one attached hydrogen (secondary N) is 2. The fraction of sp³-hybridized carbons (Fsp3) is 0.574. The molecular weight excluding hydrogens is 922 g/mol. The molecule has 390 valence electrons. The number of ether oxygens (including phenoxy) is 2. The maximum Gasteiger partial charge on any atom is 0.298 e. The van der Waals surface area contributed by atoms with Crippen LogP contribution < -0.4 is 10.7 Å². The maximum atomic E-state index is 13.8. The number of methoxy groups -OCH3 is 1. The number of amides is 4. The number of likely N-dealkylation sites (N-methyl/N-ethyl adjacent to an activating group) is 1. The number of fused-ring (bicyclic) bond motifs is 1. The van der Waals surface area contributed by atoms with Gasteiger partial charge in [-0.1, -0.05) is 33.6 Å². The van der Waals surface area contributed by atoms with Crippen molar-refractivity contribution in [2.45, 2.75) is 130 Å². The van der Waals surface area contributed by atoms with Gasteiger partial charge in [-0.2, -0.15) is 0 Å². The number of likely N-dealkylation sites (tertiary alicyclic amines) is 2. The van der Waals surface area contributed by atoms with Gasteiger partial charge in [0.15, 0.2) is 11.7 Å². The monoisotopic (exact) mass is 996 g/mol. The molecule has 72 heavy (non-hydrogen) atoms. The summed E-state index contributed by atoms with van der Waals surface area (Å²) in [7, 11) is 3.22. The lowest BCUT2D eigenvalue weighted by molar-refractivity contribution is -0.142. The van der Waals surface area contributed by atoms with Crippen molar-refractivity contribution in [3.05, 3.63) is 59.9 Å². The quantitative estimate of drug-likeness (QED) is 0.0810. The molecular formula is C54H74FN9O8. The number of aromatic nitrogens is 3. The van der Waals surface area contributed by atoms with E-state index in [2.05, 4.69) is 76.0 Å². The number of carbonyl (C=O) groups excluding carboxylic acids is 5. The molecule has 3 fully saturated rings. The van der Waals surface area contributed by atoms with Crippen LogP contribution >= 0.6 is 0 Å². The Morgan fingerprint density at radius 2 is 1.82 bits per heavy atom. The van der Waals surface area contributed by atoms with Crippen LogP contribution in [-0.2, 0) is 52.8 Å². The Balaban J connectivity index is 0.000000418. The first-order chi connectivity index (χ1) is 34.3. The zero-order chi connectivity index (χ0) is 52.3. The second kappa shape index (κ2) is 24.5. The van der Waals surface area contributed by atoms with Crippen molar-refractivity contribution in [3.8, 4) is 34.4 Å². The fourth-order valence-corrected chi connectivity index (χ4v) is 9.63. The highest BCUT2D eigenvalue weighted by molar-refractivity contribution is 5.95. The zero-order valence-electron chi connectivity index (χ0n) is 43.8. The third-order valence-electron chi connectivity index (χ3n) is 13.8. The summed E-state index contributed by atoms with van der Waals surface area (Å²) < 4.78 is 32.6. The molecule has 4 amide bonds. The van der Waals surface area contributed by atoms with E-state index in [1.807, 2.05) is 46.8 Å². The summed E-state index contributed by atoms with van der Waals surface area (Å²) in [4.78, 5) is 76.3. The molecule has 3 aliphatic heterocycles. The van der Waals surface area contributed by atoms with Crippen LogP contribution in [-0.4, -0.2) is 149 Å². The molecule has 0 aliphatic carbocycles. The van der Waals surface area contributed by atoms with E-state index in [1.165, 1.54) is 16.2 Å². The average Bonchev–Trinajstić information content (AvgIpc) is 4.08. The number of oxazole rings is 1. The molecule has 6 heterocycles. The number of nitrogens with zero attached hydrogens (tertiary/aromatic N) is 7. The molecule has 0 saturated carbocycles. The van der Waals surface area contributed by atoms with E-state index < -0.39 is 29.6 Å². The number of rotatable bonds is 19. The molecule has 4 unspecified atom stereocenters. The highest BCUT2D eigenvalue weighted by Gasteiger charge is 2.35. The van der Waals surface area contributed by atoms with Gasteiger partial charge in [-0.05, 0) is 108 Å². The minimum atomic E-state index is -0.986. The van der Waals surface area contributed by atoms with Crippen molar-refractivity contribution in [1.82, 2.24) is 45.0 Å². The largest absolute Gasteiger partial charge is 0.467 e. The molecule has 4 atom stereocenters. The van der Waals surface area contributed by atoms with Crippen LogP contribution in [0.4, 0.5) is 4.39 Å². The average molecular weight is 996 g/mol. The summed E-state index contributed by atoms with van der Waals surface area (Å²) in [6.45, 7) is 21.3. The molecule has 3 aliphatic rings. The molecule has 0 spiro atoms. The Kier molecular flexibility index (Phi) is 18.8. The maximum absolute atomic E-state index is 13.8. The molecule has 0 radical (unpaired) electrons. The summed E-state index contributed by atoms with van der Waals surface area (Å²) in [5.41, 5.74) is 8.15. The van der Waals surface area contributed by atoms with Crippen LogP contribution in [0.2, 0.25) is 0 Å². The number of benzene rings is 1. The lowest BCUT2D eigenvalue weighted by atomic mass is 9.84. The minimum absolute atomic E-state index is 0.00855. The molecule has 2 N–H and O–H groups in total. The SMILES string of the molecule is CC(C)(C#CC(=O)N1CCC(F)C1)N1CCC1.CCn1c(-c2cccnc2C(C)OC)c(CC(C)(C)COC=O)c2cc(-c3cnc(CC(NC(=O)C(C(C)C)N(C)C=O)C(=O)N4CCCCN4)o3)ccc21. The van der Waals surface area contributed by atoms with Gasteiger partial charge in [0.05, 0.1) is 48.8 Å². The van der Waals surface area contributed by atoms with Gasteiger partial charge in [0.1, 0.15) is 18.3 Å². The van der Waals surface area contributed by atoms with E-state index in [4.69, 9.17) is 18.9 Å². The molecule has 18 heteroatoms. The number of aryl methyl sites for hydroxylation is 1. The van der Waals surface area contributed by atoms with Crippen molar-refractivity contribution >= 4 is 41.5 Å². The normalized spacial score (nSPS) is 17.5. The number of hydrazine groups is 1. The van der Waals surface area contributed by atoms with Crippen molar-refractivity contribution in [1.29, 1.82) is 0 Å². The number of carbonyl (C=O) groups is 5. The number of hydrogen-bond donors (Lipinski definition) is 2. The predicted molar refractivity (Wildman–Crippen MR) is 272 cm³/mol. The fourth-order valence-electron chi connectivity index (χ4n) is 9.63. The summed E-state index contributed by atoms with van der Waals surface area (Å²) >= 11 is 0. The van der Waals surface area contributed by atoms with Crippen LogP contribution in [0, 0.1) is 23.2 Å². The van der Waals surface area contributed by atoms with Crippen molar-refractivity contribution in [2.75, 3.05) is 60.0 Å². The Bertz CT molecular complexity index is 2590. The summed E-state index contributed by atoms with van der Waals surface area (Å²) in [5.74, 6) is 5.30. The molecule has 1 aromatic carbocycles. The molecule has 3 saturated heterocycles. The number of halogens is 1. The first-order valence-corrected chi connectivity index (χ1v) is 25.2. The van der Waals surface area contributed by atoms with E-state index in [1.54, 1.807) is 31.6 Å². The Labute approximate surface area is 423 Å². The highest BCUT2D eigenvalue weighted by Crippen LogP contribution is 2.42. The highest BCUT2D eigenvalue weighted by atomic mass is 19.1. The van der Waals surface area contributed by atoms with E-state index in [0.717, 1.165) is 64.9 Å². The van der Waals surface area contributed by atoms with E-state index >= 15 is 0 Å². The van der Waals surface area contributed by atoms with Gasteiger partial charge in [-0.3, -0.25) is 38.9 Å². The predicted octanol–water partition coefficient (Wildman–Crippen LogP) is 6.14. The number of pyridine rings is 1. The molecule has 3 aromatic heterocycles. The minimum Gasteiger partial charge on any atom is -0.467 e. The molecule has 17 nitrogen and oxygen atoms in total. The Morgan fingerprint density at radius 3 is 2.43 bits per heavy atom. The topological polar surface area (TPSA) is 185 Å². The number of alkyl halides is 1. The third kappa shape index (κ3) is 13.3. The smallest absolute Gasteiger partial charge is 0.298 e. The van der Waals surface area contributed by atoms with E-state index in [9.17, 15) is 28.4 Å². The van der Waals surface area contributed by atoms with Gasteiger partial charge in [0.25, 0.3) is 18.3 Å². The first-order valence-electron chi connectivity index (χ1n) is 25.2. The van der Waals surface area contributed by atoms with E-state index in [0.29, 0.717) is 57.7 Å². The molecule has 7 rings (SSSR count). The molecule has 0 bridgehead atoms. The summed E-state index contributed by atoms with van der Waals surface area (Å²) in [5, 5.41) is 5.45. The van der Waals surface area contributed by atoms with E-state index in [-0.39, 0.29) is 54.8 Å².